The lowest BCUT2D eigenvalue weighted by Gasteiger charge is -2.27. The third kappa shape index (κ3) is 7.24. The van der Waals surface area contributed by atoms with Crippen LogP contribution >= 0.6 is 11.8 Å². The van der Waals surface area contributed by atoms with E-state index in [4.69, 9.17) is 4.74 Å². The van der Waals surface area contributed by atoms with E-state index in [-0.39, 0.29) is 18.9 Å². The fraction of sp³-hybridized carbons (Fsp3) is 0.478. The molecule has 0 radical (unpaired) electrons. The van der Waals surface area contributed by atoms with E-state index in [9.17, 15) is 9.59 Å². The maximum absolute atomic E-state index is 12.1. The summed E-state index contributed by atoms with van der Waals surface area (Å²) in [5.41, 5.74) is 4.45. The van der Waals surface area contributed by atoms with E-state index in [1.807, 2.05) is 44.4 Å². The summed E-state index contributed by atoms with van der Waals surface area (Å²) in [5.74, 6) is -0.786. The molecule has 168 valence electrons. The van der Waals surface area contributed by atoms with Gasteiger partial charge >= 0.3 is 5.97 Å². The Kier molecular flexibility index (Phi) is 9.30. The summed E-state index contributed by atoms with van der Waals surface area (Å²) < 4.78 is 5.13. The van der Waals surface area contributed by atoms with Crippen molar-refractivity contribution in [3.8, 4) is 0 Å². The van der Waals surface area contributed by atoms with Crippen molar-refractivity contribution in [3.63, 3.8) is 0 Å². The van der Waals surface area contributed by atoms with Gasteiger partial charge in [0.25, 0.3) is 5.91 Å². The highest BCUT2D eigenvalue weighted by molar-refractivity contribution is 7.98. The molecular weight excluding hydrogens is 412 g/mol. The van der Waals surface area contributed by atoms with Crippen LogP contribution < -0.4 is 10.2 Å². The van der Waals surface area contributed by atoms with Crippen LogP contribution in [0.25, 0.3) is 0 Å². The summed E-state index contributed by atoms with van der Waals surface area (Å²) >= 11 is 1.49. The van der Waals surface area contributed by atoms with Crippen LogP contribution in [-0.4, -0.2) is 47.3 Å². The molecule has 0 atom stereocenters. The number of ether oxygens (including phenoxy) is 1. The Morgan fingerprint density at radius 1 is 1.13 bits per heavy atom. The molecule has 0 fully saturated rings. The van der Waals surface area contributed by atoms with Gasteiger partial charge in [0.1, 0.15) is 0 Å². The van der Waals surface area contributed by atoms with E-state index >= 15 is 0 Å². The second kappa shape index (κ2) is 11.7. The van der Waals surface area contributed by atoms with Gasteiger partial charge in [0.15, 0.2) is 11.8 Å². The zero-order chi connectivity index (χ0) is 23.0. The molecule has 0 aliphatic heterocycles. The van der Waals surface area contributed by atoms with Gasteiger partial charge in [0.05, 0.1) is 0 Å². The van der Waals surface area contributed by atoms with Crippen LogP contribution in [0.4, 0.5) is 11.4 Å². The van der Waals surface area contributed by atoms with E-state index in [1.165, 1.54) is 11.8 Å². The van der Waals surface area contributed by atoms with Gasteiger partial charge in [-0.25, -0.2) is 9.97 Å². The van der Waals surface area contributed by atoms with Crippen molar-refractivity contribution in [2.45, 2.75) is 58.7 Å². The lowest BCUT2D eigenvalue weighted by Crippen LogP contribution is -2.30. The lowest BCUT2D eigenvalue weighted by atomic mass is 10.1. The van der Waals surface area contributed by atoms with Gasteiger partial charge in [0.2, 0.25) is 0 Å². The average Bonchev–Trinajstić information content (AvgIpc) is 2.73. The number of amides is 1. The molecule has 0 unspecified atom stereocenters. The summed E-state index contributed by atoms with van der Waals surface area (Å²) in [6.45, 7) is 10.8. The zero-order valence-corrected chi connectivity index (χ0v) is 20.0. The second-order valence-corrected chi connectivity index (χ2v) is 8.27. The zero-order valence-electron chi connectivity index (χ0n) is 19.2. The van der Waals surface area contributed by atoms with Crippen LogP contribution in [0, 0.1) is 13.8 Å². The molecular formula is C23H32N4O3S. The molecule has 2 rings (SSSR count). The number of aromatic nitrogens is 2. The van der Waals surface area contributed by atoms with Gasteiger partial charge in [-0.15, -0.1) is 0 Å². The molecule has 1 aromatic carbocycles. The number of nitrogens with zero attached hydrogens (tertiary/aromatic N) is 3. The minimum Gasteiger partial charge on any atom is -0.456 e. The summed E-state index contributed by atoms with van der Waals surface area (Å²) in [6.07, 6.45) is 2.59. The first-order chi connectivity index (χ1) is 14.7. The topological polar surface area (TPSA) is 84.4 Å². The molecule has 0 spiro atoms. The Balaban J connectivity index is 1.81. The van der Waals surface area contributed by atoms with Crippen molar-refractivity contribution >= 4 is 35.0 Å². The molecule has 0 saturated heterocycles. The minimum atomic E-state index is -0.422. The molecule has 0 aliphatic rings. The third-order valence-electron chi connectivity index (χ3n) is 4.97. The SMILES string of the molecule is CCN(c1ccc(NC(=O)COC(=O)CCc2c(C)nc(SC)nc2C)cc1)C(C)C. The van der Waals surface area contributed by atoms with Gasteiger partial charge in [-0.2, -0.15) is 0 Å². The molecule has 1 aromatic heterocycles. The Morgan fingerprint density at radius 3 is 2.26 bits per heavy atom. The molecule has 1 amide bonds. The Morgan fingerprint density at radius 2 is 1.74 bits per heavy atom. The number of aryl methyl sites for hydroxylation is 2. The molecule has 2 aromatic rings. The van der Waals surface area contributed by atoms with E-state index in [0.29, 0.717) is 18.2 Å². The molecule has 0 saturated carbocycles. The average molecular weight is 445 g/mol. The summed E-state index contributed by atoms with van der Waals surface area (Å²) in [4.78, 5) is 35.3. The van der Waals surface area contributed by atoms with Crippen molar-refractivity contribution in [1.29, 1.82) is 0 Å². The smallest absolute Gasteiger partial charge is 0.306 e. The van der Waals surface area contributed by atoms with Crippen LogP contribution in [-0.2, 0) is 20.7 Å². The highest BCUT2D eigenvalue weighted by atomic mass is 32.2. The van der Waals surface area contributed by atoms with E-state index < -0.39 is 5.97 Å². The number of benzene rings is 1. The normalized spacial score (nSPS) is 10.8. The van der Waals surface area contributed by atoms with Crippen molar-refractivity contribution in [2.75, 3.05) is 29.6 Å². The molecule has 7 nitrogen and oxygen atoms in total. The number of carbonyl (C=O) groups is 2. The molecule has 0 aliphatic carbocycles. The monoisotopic (exact) mass is 444 g/mol. The minimum absolute atomic E-state index is 0.174. The number of rotatable bonds is 10. The number of esters is 1. The van der Waals surface area contributed by atoms with Gasteiger partial charge in [-0.05, 0) is 77.1 Å². The number of hydrogen-bond donors (Lipinski definition) is 1. The second-order valence-electron chi connectivity index (χ2n) is 7.50. The number of hydrogen-bond acceptors (Lipinski definition) is 7. The molecule has 1 N–H and O–H groups in total. The first-order valence-corrected chi connectivity index (χ1v) is 11.7. The maximum Gasteiger partial charge on any atom is 0.306 e. The first kappa shape index (κ1) is 24.7. The fourth-order valence-corrected chi connectivity index (χ4v) is 3.84. The van der Waals surface area contributed by atoms with Crippen LogP contribution in [0.15, 0.2) is 29.4 Å². The highest BCUT2D eigenvalue weighted by Crippen LogP contribution is 2.20. The summed E-state index contributed by atoms with van der Waals surface area (Å²) in [5, 5.41) is 3.48. The predicted molar refractivity (Wildman–Crippen MR) is 126 cm³/mol. The predicted octanol–water partition coefficient (Wildman–Crippen LogP) is 4.16. The van der Waals surface area contributed by atoms with Crippen molar-refractivity contribution in [1.82, 2.24) is 9.97 Å². The van der Waals surface area contributed by atoms with Crippen LogP contribution in [0.2, 0.25) is 0 Å². The van der Waals surface area contributed by atoms with Gasteiger partial charge < -0.3 is 15.0 Å². The quantitative estimate of drug-likeness (QED) is 0.334. The molecule has 1 heterocycles. The van der Waals surface area contributed by atoms with E-state index in [1.54, 1.807) is 0 Å². The van der Waals surface area contributed by atoms with Crippen LogP contribution in [0.3, 0.4) is 0 Å². The molecule has 31 heavy (non-hydrogen) atoms. The Labute approximate surface area is 189 Å². The van der Waals surface area contributed by atoms with E-state index in [2.05, 4.69) is 41.0 Å². The summed E-state index contributed by atoms with van der Waals surface area (Å²) in [7, 11) is 0. The van der Waals surface area contributed by atoms with Gasteiger partial charge in [-0.1, -0.05) is 11.8 Å². The first-order valence-electron chi connectivity index (χ1n) is 10.4. The van der Waals surface area contributed by atoms with Crippen LogP contribution in [0.5, 0.6) is 0 Å². The number of anilines is 2. The summed E-state index contributed by atoms with van der Waals surface area (Å²) in [6, 6.07) is 8.04. The van der Waals surface area contributed by atoms with Crippen molar-refractivity contribution in [3.05, 3.63) is 41.2 Å². The number of carbonyl (C=O) groups excluding carboxylic acids is 2. The Hall–Kier alpha value is -2.61. The lowest BCUT2D eigenvalue weighted by molar-refractivity contribution is -0.147. The Bertz CT molecular complexity index is 877. The van der Waals surface area contributed by atoms with Gasteiger partial charge in [0, 0.05) is 41.8 Å². The maximum atomic E-state index is 12.1. The molecule has 8 heteroatoms. The highest BCUT2D eigenvalue weighted by Gasteiger charge is 2.13. The third-order valence-corrected chi connectivity index (χ3v) is 5.52. The fourth-order valence-electron chi connectivity index (χ4n) is 3.39. The van der Waals surface area contributed by atoms with Crippen molar-refractivity contribution in [2.24, 2.45) is 0 Å². The van der Waals surface area contributed by atoms with Crippen molar-refractivity contribution < 1.29 is 14.3 Å². The molecule has 0 bridgehead atoms. The van der Waals surface area contributed by atoms with Crippen LogP contribution in [0.1, 0.15) is 44.1 Å². The van der Waals surface area contributed by atoms with Gasteiger partial charge in [-0.3, -0.25) is 9.59 Å². The number of thioether (sulfide) groups is 1. The standard InChI is InChI=1S/C23H32N4O3S/c1-7-27(15(2)3)19-10-8-18(9-11-19)26-21(28)14-30-22(29)13-12-20-16(4)24-23(31-6)25-17(20)5/h8-11,15H,7,12-14H2,1-6H3,(H,26,28). The largest absolute Gasteiger partial charge is 0.456 e. The number of nitrogens with one attached hydrogen (secondary N) is 1. The van der Waals surface area contributed by atoms with E-state index in [0.717, 1.165) is 34.3 Å².